The second-order valence-corrected chi connectivity index (χ2v) is 6.59. The first kappa shape index (κ1) is 17.7. The molecule has 2 rings (SSSR count). The number of hydrazine groups is 1. The summed E-state index contributed by atoms with van der Waals surface area (Å²) in [6.07, 6.45) is 4.99. The molecule has 7 heteroatoms. The van der Waals surface area contributed by atoms with Gasteiger partial charge in [0.15, 0.2) is 10.2 Å². The van der Waals surface area contributed by atoms with Crippen molar-refractivity contribution in [2.45, 2.75) is 38.6 Å². The second kappa shape index (κ2) is 8.88. The first-order valence-corrected chi connectivity index (χ1v) is 8.67. The van der Waals surface area contributed by atoms with Gasteiger partial charge in [-0.25, -0.2) is 0 Å². The molecule has 1 aliphatic carbocycles. The van der Waals surface area contributed by atoms with Gasteiger partial charge in [0.2, 0.25) is 0 Å². The molecule has 0 aliphatic heterocycles. The van der Waals surface area contributed by atoms with Crippen molar-refractivity contribution in [2.75, 3.05) is 12.4 Å². The van der Waals surface area contributed by atoms with Crippen molar-refractivity contribution >= 4 is 40.3 Å². The molecule has 0 radical (unpaired) electrons. The summed E-state index contributed by atoms with van der Waals surface area (Å²) in [6.45, 7) is 2.27. The zero-order chi connectivity index (χ0) is 16.7. The van der Waals surface area contributed by atoms with Gasteiger partial charge in [-0.1, -0.05) is 19.8 Å². The van der Waals surface area contributed by atoms with Crippen LogP contribution < -0.4 is 26.2 Å². The number of anilines is 1. The zero-order valence-electron chi connectivity index (χ0n) is 13.5. The molecule has 0 amide bonds. The molecule has 0 saturated heterocycles. The number of hydrogen-bond donors (Lipinski definition) is 4. The van der Waals surface area contributed by atoms with Crippen LogP contribution in [0, 0.1) is 5.92 Å². The average Bonchev–Trinajstić information content (AvgIpc) is 2.56. The lowest BCUT2D eigenvalue weighted by molar-refractivity contribution is 0.308. The highest BCUT2D eigenvalue weighted by molar-refractivity contribution is 7.80. The largest absolute Gasteiger partial charge is 0.497 e. The summed E-state index contributed by atoms with van der Waals surface area (Å²) >= 11 is 10.6. The quantitative estimate of drug-likeness (QED) is 0.493. The molecular formula is C16H24N4OS2. The first-order valence-electron chi connectivity index (χ1n) is 7.86. The van der Waals surface area contributed by atoms with E-state index in [1.54, 1.807) is 7.11 Å². The molecule has 0 bridgehead atoms. The summed E-state index contributed by atoms with van der Waals surface area (Å²) in [5.74, 6) is 1.45. The van der Waals surface area contributed by atoms with Crippen LogP contribution in [0.1, 0.15) is 32.6 Å². The SMILES string of the molecule is COc1ccc(NC(=S)NNC(=S)N[C@H]2CCCC[C@H]2C)cc1. The number of hydrogen-bond acceptors (Lipinski definition) is 3. The van der Waals surface area contributed by atoms with E-state index in [-0.39, 0.29) is 0 Å². The van der Waals surface area contributed by atoms with Gasteiger partial charge in [0.25, 0.3) is 0 Å². The molecule has 2 atom stereocenters. The molecule has 0 heterocycles. The monoisotopic (exact) mass is 352 g/mol. The van der Waals surface area contributed by atoms with Gasteiger partial charge in [-0.3, -0.25) is 10.9 Å². The average molecular weight is 353 g/mol. The summed E-state index contributed by atoms with van der Waals surface area (Å²) in [5.41, 5.74) is 6.71. The molecule has 0 spiro atoms. The predicted molar refractivity (Wildman–Crippen MR) is 103 cm³/mol. The van der Waals surface area contributed by atoms with Crippen molar-refractivity contribution in [3.8, 4) is 5.75 Å². The normalized spacial score (nSPS) is 20.3. The van der Waals surface area contributed by atoms with Crippen molar-refractivity contribution in [1.82, 2.24) is 16.2 Å². The van der Waals surface area contributed by atoms with Crippen LogP contribution in [0.15, 0.2) is 24.3 Å². The van der Waals surface area contributed by atoms with Gasteiger partial charge in [0.1, 0.15) is 5.75 Å². The zero-order valence-corrected chi connectivity index (χ0v) is 15.2. The van der Waals surface area contributed by atoms with E-state index in [9.17, 15) is 0 Å². The highest BCUT2D eigenvalue weighted by Gasteiger charge is 2.21. The number of nitrogens with one attached hydrogen (secondary N) is 4. The molecule has 0 aromatic heterocycles. The lowest BCUT2D eigenvalue weighted by Crippen LogP contribution is -2.52. The van der Waals surface area contributed by atoms with E-state index >= 15 is 0 Å². The van der Waals surface area contributed by atoms with Gasteiger partial charge >= 0.3 is 0 Å². The van der Waals surface area contributed by atoms with Gasteiger partial charge < -0.3 is 15.4 Å². The van der Waals surface area contributed by atoms with E-state index in [0.29, 0.717) is 22.2 Å². The molecule has 126 valence electrons. The molecule has 1 saturated carbocycles. The maximum atomic E-state index is 5.31. The van der Waals surface area contributed by atoms with Crippen LogP contribution in [0.3, 0.4) is 0 Å². The topological polar surface area (TPSA) is 57.4 Å². The standard InChI is InChI=1S/C16H24N4OS2/c1-11-5-3-4-6-14(11)18-16(23)20-19-15(22)17-12-7-9-13(21-2)10-8-12/h7-11,14H,3-6H2,1-2H3,(H2,17,19,22)(H2,18,20,23)/t11-,14+/m1/s1. The Morgan fingerprint density at radius 3 is 2.35 bits per heavy atom. The summed E-state index contributed by atoms with van der Waals surface area (Å²) in [6, 6.07) is 7.97. The van der Waals surface area contributed by atoms with Crippen LogP contribution in [-0.4, -0.2) is 23.4 Å². The van der Waals surface area contributed by atoms with Crippen LogP contribution in [-0.2, 0) is 0 Å². The molecular weight excluding hydrogens is 328 g/mol. The van der Waals surface area contributed by atoms with Crippen LogP contribution in [0.2, 0.25) is 0 Å². The van der Waals surface area contributed by atoms with E-state index in [0.717, 1.165) is 17.9 Å². The first-order chi connectivity index (χ1) is 11.1. The van der Waals surface area contributed by atoms with E-state index < -0.39 is 0 Å². The molecule has 4 N–H and O–H groups in total. The molecule has 1 aromatic carbocycles. The third-order valence-electron chi connectivity index (χ3n) is 4.07. The van der Waals surface area contributed by atoms with Gasteiger partial charge in [0.05, 0.1) is 7.11 Å². The van der Waals surface area contributed by atoms with Crippen molar-refractivity contribution in [3.63, 3.8) is 0 Å². The lowest BCUT2D eigenvalue weighted by Gasteiger charge is -2.30. The maximum Gasteiger partial charge on any atom is 0.189 e. The highest BCUT2D eigenvalue weighted by atomic mass is 32.1. The smallest absolute Gasteiger partial charge is 0.189 e. The van der Waals surface area contributed by atoms with E-state index in [2.05, 4.69) is 28.4 Å². The Kier molecular flexibility index (Phi) is 6.85. The van der Waals surface area contributed by atoms with Gasteiger partial charge in [-0.2, -0.15) is 0 Å². The Balaban J connectivity index is 1.71. The molecule has 1 fully saturated rings. The lowest BCUT2D eigenvalue weighted by atomic mass is 9.86. The van der Waals surface area contributed by atoms with Crippen molar-refractivity contribution in [3.05, 3.63) is 24.3 Å². The summed E-state index contributed by atoms with van der Waals surface area (Å²) in [7, 11) is 1.64. The van der Waals surface area contributed by atoms with Crippen LogP contribution in [0.5, 0.6) is 5.75 Å². The van der Waals surface area contributed by atoms with Crippen LogP contribution in [0.4, 0.5) is 5.69 Å². The molecule has 0 unspecified atom stereocenters. The molecule has 23 heavy (non-hydrogen) atoms. The van der Waals surface area contributed by atoms with Crippen molar-refractivity contribution < 1.29 is 4.74 Å². The number of thiocarbonyl (C=S) groups is 2. The minimum atomic E-state index is 0.439. The Labute approximate surface area is 148 Å². The van der Waals surface area contributed by atoms with Crippen LogP contribution >= 0.6 is 24.4 Å². The van der Waals surface area contributed by atoms with E-state index in [1.165, 1.54) is 19.3 Å². The van der Waals surface area contributed by atoms with Crippen molar-refractivity contribution in [2.24, 2.45) is 5.92 Å². The van der Waals surface area contributed by atoms with Gasteiger partial charge in [0, 0.05) is 11.7 Å². The van der Waals surface area contributed by atoms with Crippen molar-refractivity contribution in [1.29, 1.82) is 0 Å². The Bertz CT molecular complexity index is 535. The fraction of sp³-hybridized carbons (Fsp3) is 0.500. The van der Waals surface area contributed by atoms with Gasteiger partial charge in [-0.05, 0) is 67.5 Å². The summed E-state index contributed by atoms with van der Waals surface area (Å²) in [5, 5.41) is 7.46. The number of rotatable bonds is 3. The molecule has 1 aliphatic rings. The third kappa shape index (κ3) is 5.84. The fourth-order valence-electron chi connectivity index (χ4n) is 2.69. The predicted octanol–water partition coefficient (Wildman–Crippen LogP) is 2.94. The number of benzene rings is 1. The second-order valence-electron chi connectivity index (χ2n) is 5.77. The minimum absolute atomic E-state index is 0.439. The summed E-state index contributed by atoms with van der Waals surface area (Å²) in [4.78, 5) is 0. The molecule has 5 nitrogen and oxygen atoms in total. The van der Waals surface area contributed by atoms with Crippen LogP contribution in [0.25, 0.3) is 0 Å². The Morgan fingerprint density at radius 1 is 1.04 bits per heavy atom. The number of ether oxygens (including phenoxy) is 1. The van der Waals surface area contributed by atoms with E-state index in [1.807, 2.05) is 24.3 Å². The third-order valence-corrected chi connectivity index (χ3v) is 4.49. The summed E-state index contributed by atoms with van der Waals surface area (Å²) < 4.78 is 5.12. The fourth-order valence-corrected chi connectivity index (χ4v) is 3.06. The number of methoxy groups -OCH3 is 1. The highest BCUT2D eigenvalue weighted by Crippen LogP contribution is 2.23. The maximum absolute atomic E-state index is 5.31. The van der Waals surface area contributed by atoms with Gasteiger partial charge in [-0.15, -0.1) is 0 Å². The van der Waals surface area contributed by atoms with E-state index in [4.69, 9.17) is 29.2 Å². The Hall–Kier alpha value is -1.60. The Morgan fingerprint density at radius 2 is 1.70 bits per heavy atom. The minimum Gasteiger partial charge on any atom is -0.497 e. The molecule has 1 aromatic rings.